The minimum Gasteiger partial charge on any atom is -0.495 e. The van der Waals surface area contributed by atoms with Gasteiger partial charge in [0.2, 0.25) is 17.6 Å². The van der Waals surface area contributed by atoms with Crippen molar-refractivity contribution in [3.05, 3.63) is 75.5 Å². The van der Waals surface area contributed by atoms with Crippen LogP contribution in [0.2, 0.25) is 0 Å². The van der Waals surface area contributed by atoms with Crippen LogP contribution in [0.25, 0.3) is 0 Å². The predicted molar refractivity (Wildman–Crippen MR) is 258 cm³/mol. The molecule has 5 atom stereocenters. The molecule has 66 heavy (non-hydrogen) atoms. The molecule has 4 aliphatic rings. The number of aryl methyl sites for hydroxylation is 1. The van der Waals surface area contributed by atoms with E-state index < -0.39 is 24.0 Å². The van der Waals surface area contributed by atoms with E-state index in [4.69, 9.17) is 9.47 Å². The van der Waals surface area contributed by atoms with Gasteiger partial charge < -0.3 is 25.0 Å². The summed E-state index contributed by atoms with van der Waals surface area (Å²) < 4.78 is 24.8. The van der Waals surface area contributed by atoms with Gasteiger partial charge in [0.25, 0.3) is 0 Å². The van der Waals surface area contributed by atoms with Gasteiger partial charge in [-0.25, -0.2) is 14.2 Å². The predicted octanol–water partition coefficient (Wildman–Crippen LogP) is 10.3. The molecule has 14 heteroatoms. The van der Waals surface area contributed by atoms with Crippen LogP contribution in [-0.4, -0.2) is 95.5 Å². The summed E-state index contributed by atoms with van der Waals surface area (Å²) in [6, 6.07) is 10.9. The van der Waals surface area contributed by atoms with Gasteiger partial charge in [0, 0.05) is 42.4 Å². The molecular weight excluding hydrogens is 856 g/mol. The van der Waals surface area contributed by atoms with E-state index in [0.717, 1.165) is 94.3 Å². The molecule has 3 saturated heterocycles. The molecule has 0 radical (unpaired) electrons. The highest BCUT2D eigenvalue weighted by Crippen LogP contribution is 2.38. The Morgan fingerprint density at radius 1 is 0.848 bits per heavy atom. The maximum absolute atomic E-state index is 14.4. The van der Waals surface area contributed by atoms with E-state index in [1.807, 2.05) is 36.9 Å². The molecule has 1 aromatic heterocycles. The van der Waals surface area contributed by atoms with Gasteiger partial charge in [-0.2, -0.15) is 0 Å². The maximum atomic E-state index is 14.4. The third kappa shape index (κ3) is 13.4. The molecule has 4 fully saturated rings. The molecule has 4 heterocycles. The van der Waals surface area contributed by atoms with Gasteiger partial charge in [-0.3, -0.25) is 24.6 Å². The summed E-state index contributed by atoms with van der Waals surface area (Å²) in [4.78, 5) is 63.2. The number of hydrogen-bond acceptors (Lipinski definition) is 10. The van der Waals surface area contributed by atoms with Crippen LogP contribution in [0, 0.1) is 18.7 Å². The van der Waals surface area contributed by atoms with E-state index in [1.165, 1.54) is 93.4 Å². The largest absolute Gasteiger partial charge is 0.495 e. The van der Waals surface area contributed by atoms with Crippen molar-refractivity contribution >= 4 is 40.7 Å². The molecule has 1 saturated carbocycles. The lowest BCUT2D eigenvalue weighted by molar-refractivity contribution is -0.139. The Balaban J connectivity index is 0.770. The van der Waals surface area contributed by atoms with Crippen molar-refractivity contribution in [2.45, 2.75) is 179 Å². The van der Waals surface area contributed by atoms with Crippen molar-refractivity contribution in [3.8, 4) is 5.75 Å². The molecular formula is C52H73FN6O6S. The van der Waals surface area contributed by atoms with Crippen LogP contribution in [-0.2, 0) is 14.3 Å². The van der Waals surface area contributed by atoms with Crippen LogP contribution in [0.15, 0.2) is 47.8 Å². The van der Waals surface area contributed by atoms with Gasteiger partial charge in [0.05, 0.1) is 24.9 Å². The lowest BCUT2D eigenvalue weighted by atomic mass is 9.82. The van der Waals surface area contributed by atoms with E-state index in [0.29, 0.717) is 41.3 Å². The number of piperidine rings is 2. The molecule has 2 bridgehead atoms. The number of hydrogen-bond donors (Lipinski definition) is 3. The second-order valence-corrected chi connectivity index (χ2v) is 20.2. The Labute approximate surface area is 395 Å². The number of carbonyl (C=O) groups excluding carboxylic acids is 4. The number of likely N-dealkylation sites (tertiary alicyclic amines) is 1. The van der Waals surface area contributed by atoms with Crippen molar-refractivity contribution in [2.75, 3.05) is 32.1 Å². The fraction of sp³-hybridized carbons (Fsp3) is 0.635. The van der Waals surface area contributed by atoms with Crippen molar-refractivity contribution in [2.24, 2.45) is 5.92 Å². The fourth-order valence-corrected chi connectivity index (χ4v) is 11.8. The molecule has 3 N–H and O–H groups in total. The normalized spacial score (nSPS) is 22.1. The molecule has 3 unspecified atom stereocenters. The standard InChI is InChI=1S/C52H73FN6O6S/c1-35-22-27-46(64-3)43(31-35)56-52(63)65-42-32-40-19-15-20-41(33-42)58(40)29-14-9-7-5-4-6-8-13-28-54-36(2)49(61)57-47(37-17-11-10-12-18-37)51(62)59-30-16-21-45(59)50-55-44(34-66-50)48(60)38-23-25-39(53)26-24-38/h22-27,31,34,36-37,40-42,45,47,54H,4-21,28-30,32-33H2,1-3H3,(H,56,63)(H,57,61)/t36?,40?,41?,42?,45-,47-/m0/s1. The number of methoxy groups -OCH3 is 1. The van der Waals surface area contributed by atoms with E-state index >= 15 is 0 Å². The Morgan fingerprint density at radius 2 is 1.55 bits per heavy atom. The minimum atomic E-state index is -0.593. The number of ether oxygens (including phenoxy) is 2. The van der Waals surface area contributed by atoms with E-state index in [9.17, 15) is 23.6 Å². The zero-order valence-electron chi connectivity index (χ0n) is 39.5. The van der Waals surface area contributed by atoms with Crippen molar-refractivity contribution in [3.63, 3.8) is 0 Å². The first-order valence-electron chi connectivity index (χ1n) is 25.1. The summed E-state index contributed by atoms with van der Waals surface area (Å²) >= 11 is 1.38. The highest BCUT2D eigenvalue weighted by Gasteiger charge is 2.41. The molecule has 0 spiro atoms. The van der Waals surface area contributed by atoms with Crippen LogP contribution >= 0.6 is 11.3 Å². The number of fused-ring (bicyclic) bond motifs is 2. The average Bonchev–Trinajstić information content (AvgIpc) is 4.01. The molecule has 3 aromatic rings. The van der Waals surface area contributed by atoms with Crippen molar-refractivity contribution in [1.29, 1.82) is 0 Å². The number of benzene rings is 2. The number of halogens is 1. The number of nitrogens with zero attached hydrogens (tertiary/aromatic N) is 3. The summed E-state index contributed by atoms with van der Waals surface area (Å²) in [5.74, 6) is -0.149. The first-order chi connectivity index (χ1) is 32.1. The molecule has 3 amide bonds. The fourth-order valence-electron chi connectivity index (χ4n) is 10.9. The van der Waals surface area contributed by atoms with Crippen LogP contribution in [0.5, 0.6) is 5.75 Å². The van der Waals surface area contributed by atoms with Gasteiger partial charge in [-0.15, -0.1) is 11.3 Å². The zero-order valence-corrected chi connectivity index (χ0v) is 40.3. The van der Waals surface area contributed by atoms with Gasteiger partial charge in [-0.05, 0) is 126 Å². The summed E-state index contributed by atoms with van der Waals surface area (Å²) in [6.45, 7) is 6.34. The number of amides is 3. The summed E-state index contributed by atoms with van der Waals surface area (Å²) in [6.07, 6.45) is 21.0. The molecule has 1 aliphatic carbocycles. The molecule has 7 rings (SSSR count). The average molecular weight is 929 g/mol. The Bertz CT molecular complexity index is 2050. The SMILES string of the molecule is COc1ccc(C)cc1NC(=O)OC1CC2CCCC(C1)N2CCCCCCCCCCNC(C)C(=O)N[C@H](C(=O)N1CCC[C@H]1c1nc(C(=O)c2ccc(F)cc2)cs1)C1CCCCC1. The van der Waals surface area contributed by atoms with Crippen LogP contribution in [0.1, 0.15) is 168 Å². The quantitative estimate of drug-likeness (QED) is 0.0663. The molecule has 2 aromatic carbocycles. The first-order valence-corrected chi connectivity index (χ1v) is 25.9. The Hall–Kier alpha value is -4.40. The second-order valence-electron chi connectivity index (χ2n) is 19.3. The van der Waals surface area contributed by atoms with E-state index in [-0.39, 0.29) is 35.7 Å². The number of rotatable bonds is 22. The number of ketones is 1. The number of aromatic nitrogens is 1. The highest BCUT2D eigenvalue weighted by atomic mass is 32.1. The molecule has 3 aliphatic heterocycles. The zero-order chi connectivity index (χ0) is 46.4. The van der Waals surface area contributed by atoms with Gasteiger partial charge in [-0.1, -0.05) is 70.3 Å². The van der Waals surface area contributed by atoms with Crippen LogP contribution in [0.4, 0.5) is 14.9 Å². The smallest absolute Gasteiger partial charge is 0.412 e. The third-order valence-electron chi connectivity index (χ3n) is 14.5. The number of thiazole rings is 1. The van der Waals surface area contributed by atoms with Gasteiger partial charge >= 0.3 is 6.09 Å². The summed E-state index contributed by atoms with van der Waals surface area (Å²) in [7, 11) is 1.60. The summed E-state index contributed by atoms with van der Waals surface area (Å²) in [5.41, 5.74) is 2.36. The summed E-state index contributed by atoms with van der Waals surface area (Å²) in [5, 5.41) is 12.0. The Morgan fingerprint density at radius 3 is 2.26 bits per heavy atom. The Kier molecular flexibility index (Phi) is 18.4. The third-order valence-corrected chi connectivity index (χ3v) is 15.4. The van der Waals surface area contributed by atoms with Crippen LogP contribution in [0.3, 0.4) is 0 Å². The van der Waals surface area contributed by atoms with Gasteiger partial charge in [0.1, 0.15) is 34.4 Å². The lowest BCUT2D eigenvalue weighted by Crippen LogP contribution is -2.56. The van der Waals surface area contributed by atoms with Crippen LogP contribution < -0.4 is 20.7 Å². The molecule has 12 nitrogen and oxygen atoms in total. The van der Waals surface area contributed by atoms with Crippen molar-refractivity contribution in [1.82, 2.24) is 25.4 Å². The highest BCUT2D eigenvalue weighted by molar-refractivity contribution is 7.10. The monoisotopic (exact) mass is 929 g/mol. The number of carbonyl (C=O) groups is 4. The van der Waals surface area contributed by atoms with E-state index in [1.54, 1.807) is 12.5 Å². The lowest BCUT2D eigenvalue weighted by Gasteiger charge is -2.48. The number of anilines is 1. The maximum Gasteiger partial charge on any atom is 0.412 e. The number of nitrogens with one attached hydrogen (secondary N) is 3. The minimum absolute atomic E-state index is 0.0523. The second kappa shape index (κ2) is 24.6. The first kappa shape index (κ1) is 49.5. The van der Waals surface area contributed by atoms with Gasteiger partial charge in [0.15, 0.2) is 0 Å². The van der Waals surface area contributed by atoms with Crippen molar-refractivity contribution < 1.29 is 33.0 Å². The molecule has 360 valence electrons. The van der Waals surface area contributed by atoms with E-state index in [2.05, 4.69) is 25.8 Å². The number of unbranched alkanes of at least 4 members (excludes halogenated alkanes) is 7. The topological polar surface area (TPSA) is 142 Å².